The van der Waals surface area contributed by atoms with Crippen LogP contribution in [0.15, 0.2) is 22.9 Å². The van der Waals surface area contributed by atoms with Gasteiger partial charge in [-0.15, -0.1) is 0 Å². The molecular weight excluding hydrogens is 306 g/mol. The number of hydrogen-bond donors (Lipinski definition) is 0. The Balaban J connectivity index is 1.47. The molecule has 4 rings (SSSR count). The monoisotopic (exact) mass is 329 g/mol. The Bertz CT molecular complexity index is 700. The third-order valence-corrected chi connectivity index (χ3v) is 4.85. The van der Waals surface area contributed by atoms with E-state index in [1.165, 1.54) is 12.8 Å². The van der Waals surface area contributed by atoms with Gasteiger partial charge in [0.25, 0.3) is 0 Å². The number of rotatable bonds is 5. The molecule has 7 heteroatoms. The van der Waals surface area contributed by atoms with E-state index in [1.54, 1.807) is 13.3 Å². The molecule has 2 aliphatic rings. The molecule has 1 aliphatic carbocycles. The van der Waals surface area contributed by atoms with Crippen molar-refractivity contribution in [1.29, 1.82) is 0 Å². The van der Waals surface area contributed by atoms with Crippen LogP contribution >= 0.6 is 0 Å². The first-order valence-electron chi connectivity index (χ1n) is 8.48. The number of ether oxygens (including phenoxy) is 1. The highest BCUT2D eigenvalue weighted by Gasteiger charge is 2.33. The predicted octanol–water partition coefficient (Wildman–Crippen LogP) is 1.84. The molecule has 0 aromatic carbocycles. The zero-order chi connectivity index (χ0) is 16.5. The van der Waals surface area contributed by atoms with Crippen LogP contribution in [0.4, 0.5) is 0 Å². The Morgan fingerprint density at radius 2 is 2.21 bits per heavy atom. The van der Waals surface area contributed by atoms with Crippen LogP contribution in [0.1, 0.15) is 42.1 Å². The fourth-order valence-electron chi connectivity index (χ4n) is 3.20. The number of aromatic nitrogens is 3. The van der Waals surface area contributed by atoms with Crippen LogP contribution in [-0.2, 0) is 6.54 Å². The third kappa shape index (κ3) is 3.14. The lowest BCUT2D eigenvalue weighted by molar-refractivity contribution is 0.0709. The molecule has 0 radical (unpaired) electrons. The predicted molar refractivity (Wildman–Crippen MR) is 87.7 cm³/mol. The van der Waals surface area contributed by atoms with E-state index in [4.69, 9.17) is 9.26 Å². The van der Waals surface area contributed by atoms with E-state index in [2.05, 4.69) is 38.0 Å². The number of methoxy groups -OCH3 is 1. The van der Waals surface area contributed by atoms with Gasteiger partial charge in [0.1, 0.15) is 6.04 Å². The second-order valence-electron chi connectivity index (χ2n) is 6.67. The summed E-state index contributed by atoms with van der Waals surface area (Å²) in [5, 5.41) is 4.16. The molecule has 0 N–H and O–H groups in total. The number of likely N-dealkylation sites (N-methyl/N-ethyl adjacent to an activating group) is 1. The summed E-state index contributed by atoms with van der Waals surface area (Å²) in [5.41, 5.74) is 1.10. The van der Waals surface area contributed by atoms with Gasteiger partial charge in [0.2, 0.25) is 11.8 Å². The molecule has 1 saturated heterocycles. The number of nitrogens with zero attached hydrogens (tertiary/aromatic N) is 5. The van der Waals surface area contributed by atoms with Gasteiger partial charge in [-0.05, 0) is 26.0 Å². The van der Waals surface area contributed by atoms with Gasteiger partial charge < -0.3 is 9.26 Å². The zero-order valence-corrected chi connectivity index (χ0v) is 14.2. The average Bonchev–Trinajstić information content (AvgIpc) is 3.34. The summed E-state index contributed by atoms with van der Waals surface area (Å²) in [5.74, 6) is 2.83. The number of piperazine rings is 1. The first-order valence-corrected chi connectivity index (χ1v) is 8.48. The van der Waals surface area contributed by atoms with Gasteiger partial charge in [0.15, 0.2) is 5.82 Å². The number of hydrogen-bond acceptors (Lipinski definition) is 7. The van der Waals surface area contributed by atoms with E-state index in [9.17, 15) is 0 Å². The van der Waals surface area contributed by atoms with Crippen molar-refractivity contribution in [3.63, 3.8) is 0 Å². The van der Waals surface area contributed by atoms with Crippen molar-refractivity contribution in [2.24, 2.45) is 0 Å². The molecule has 3 heterocycles. The van der Waals surface area contributed by atoms with E-state index < -0.39 is 0 Å². The highest BCUT2D eigenvalue weighted by molar-refractivity contribution is 5.25. The summed E-state index contributed by atoms with van der Waals surface area (Å²) < 4.78 is 10.9. The van der Waals surface area contributed by atoms with Gasteiger partial charge in [-0.1, -0.05) is 11.2 Å². The Labute approximate surface area is 141 Å². The van der Waals surface area contributed by atoms with Crippen LogP contribution in [0, 0.1) is 0 Å². The van der Waals surface area contributed by atoms with Crippen molar-refractivity contribution in [1.82, 2.24) is 24.9 Å². The Hall–Kier alpha value is -1.99. The average molecular weight is 329 g/mol. The van der Waals surface area contributed by atoms with Crippen molar-refractivity contribution in [2.45, 2.75) is 31.3 Å². The third-order valence-electron chi connectivity index (χ3n) is 4.85. The van der Waals surface area contributed by atoms with Crippen molar-refractivity contribution in [2.75, 3.05) is 33.8 Å². The minimum Gasteiger partial charge on any atom is -0.481 e. The number of pyridine rings is 1. The first kappa shape index (κ1) is 15.5. The van der Waals surface area contributed by atoms with Gasteiger partial charge in [-0.25, -0.2) is 4.98 Å². The lowest BCUT2D eigenvalue weighted by Crippen LogP contribution is -2.46. The molecule has 1 atom stereocenters. The van der Waals surface area contributed by atoms with Crippen molar-refractivity contribution in [3.8, 4) is 5.88 Å². The topological polar surface area (TPSA) is 67.5 Å². The molecule has 1 aliphatic heterocycles. The SMILES string of the molecule is COc1ncccc1CN1CCN(C)C(c2nc(C3CC3)no2)C1. The molecule has 7 nitrogen and oxygen atoms in total. The summed E-state index contributed by atoms with van der Waals surface area (Å²) in [7, 11) is 3.78. The molecule has 0 amide bonds. The quantitative estimate of drug-likeness (QED) is 0.829. The minimum atomic E-state index is 0.140. The Kier molecular flexibility index (Phi) is 4.20. The van der Waals surface area contributed by atoms with Gasteiger partial charge in [0.05, 0.1) is 7.11 Å². The zero-order valence-electron chi connectivity index (χ0n) is 14.2. The van der Waals surface area contributed by atoms with Crippen LogP contribution in [0.2, 0.25) is 0 Å². The van der Waals surface area contributed by atoms with Gasteiger partial charge in [-0.2, -0.15) is 4.98 Å². The smallest absolute Gasteiger partial charge is 0.245 e. The van der Waals surface area contributed by atoms with Crippen LogP contribution in [0.25, 0.3) is 0 Å². The molecule has 0 spiro atoms. The van der Waals surface area contributed by atoms with Crippen molar-refractivity contribution in [3.05, 3.63) is 35.6 Å². The lowest BCUT2D eigenvalue weighted by atomic mass is 10.1. The highest BCUT2D eigenvalue weighted by atomic mass is 16.5. The summed E-state index contributed by atoms with van der Waals surface area (Å²) >= 11 is 0. The second-order valence-corrected chi connectivity index (χ2v) is 6.67. The minimum absolute atomic E-state index is 0.140. The van der Waals surface area contributed by atoms with Crippen molar-refractivity contribution < 1.29 is 9.26 Å². The molecule has 24 heavy (non-hydrogen) atoms. The molecule has 1 unspecified atom stereocenters. The van der Waals surface area contributed by atoms with E-state index in [-0.39, 0.29) is 6.04 Å². The van der Waals surface area contributed by atoms with E-state index in [0.29, 0.717) is 11.8 Å². The standard InChI is InChI=1S/C17H23N5O2/c1-21-8-9-22(10-13-4-3-7-18-16(13)23-2)11-14(21)17-19-15(20-24-17)12-5-6-12/h3-4,7,12,14H,5-6,8-11H2,1-2H3. The highest BCUT2D eigenvalue weighted by Crippen LogP contribution is 2.39. The Morgan fingerprint density at radius 1 is 1.33 bits per heavy atom. The fraction of sp³-hybridized carbons (Fsp3) is 0.588. The Morgan fingerprint density at radius 3 is 3.00 bits per heavy atom. The fourth-order valence-corrected chi connectivity index (χ4v) is 3.20. The second kappa shape index (κ2) is 6.49. The summed E-state index contributed by atoms with van der Waals surface area (Å²) in [6.07, 6.45) is 4.13. The molecule has 128 valence electrons. The van der Waals surface area contributed by atoms with Crippen LogP contribution in [0.3, 0.4) is 0 Å². The van der Waals surface area contributed by atoms with Crippen LogP contribution < -0.4 is 4.74 Å². The normalized spacial score (nSPS) is 22.7. The molecule has 1 saturated carbocycles. The maximum Gasteiger partial charge on any atom is 0.245 e. The summed E-state index contributed by atoms with van der Waals surface area (Å²) in [6.45, 7) is 3.63. The lowest BCUT2D eigenvalue weighted by Gasteiger charge is -2.37. The molecule has 2 aromatic heterocycles. The van der Waals surface area contributed by atoms with Gasteiger partial charge in [-0.3, -0.25) is 9.80 Å². The van der Waals surface area contributed by atoms with E-state index in [0.717, 1.165) is 43.5 Å². The largest absolute Gasteiger partial charge is 0.481 e. The maximum absolute atomic E-state index is 5.55. The van der Waals surface area contributed by atoms with Crippen LogP contribution in [0.5, 0.6) is 5.88 Å². The molecule has 2 aromatic rings. The molecule has 2 fully saturated rings. The summed E-state index contributed by atoms with van der Waals surface area (Å²) in [4.78, 5) is 13.6. The van der Waals surface area contributed by atoms with Gasteiger partial charge >= 0.3 is 0 Å². The molecular formula is C17H23N5O2. The van der Waals surface area contributed by atoms with E-state index in [1.807, 2.05) is 6.07 Å². The van der Waals surface area contributed by atoms with E-state index >= 15 is 0 Å². The first-order chi connectivity index (χ1) is 11.7. The van der Waals surface area contributed by atoms with Crippen LogP contribution in [-0.4, -0.2) is 58.7 Å². The van der Waals surface area contributed by atoms with Crippen molar-refractivity contribution >= 4 is 0 Å². The van der Waals surface area contributed by atoms with Gasteiger partial charge in [0, 0.05) is 43.9 Å². The molecule has 0 bridgehead atoms. The maximum atomic E-state index is 5.55. The summed E-state index contributed by atoms with van der Waals surface area (Å²) in [6, 6.07) is 4.16.